The van der Waals surface area contributed by atoms with E-state index in [0.29, 0.717) is 33.9 Å². The van der Waals surface area contributed by atoms with E-state index in [4.69, 9.17) is 16.3 Å². The molecule has 0 saturated heterocycles. The first-order chi connectivity index (χ1) is 13.8. The molecule has 1 N–H and O–H groups in total. The van der Waals surface area contributed by atoms with Crippen LogP contribution >= 0.6 is 11.6 Å². The van der Waals surface area contributed by atoms with Crippen molar-refractivity contribution in [1.29, 1.82) is 0 Å². The van der Waals surface area contributed by atoms with Gasteiger partial charge in [-0.15, -0.1) is 0 Å². The Morgan fingerprint density at radius 3 is 2.76 bits per heavy atom. The average molecular weight is 432 g/mol. The molecule has 1 atom stereocenters. The molecule has 148 valence electrons. The van der Waals surface area contributed by atoms with Gasteiger partial charge in [-0.25, -0.2) is 8.42 Å². The second-order valence-electron chi connectivity index (χ2n) is 6.28. The van der Waals surface area contributed by atoms with Gasteiger partial charge in [-0.1, -0.05) is 16.2 Å². The molecule has 0 fully saturated rings. The highest BCUT2D eigenvalue weighted by atomic mass is 35.5. The van der Waals surface area contributed by atoms with Crippen LogP contribution in [-0.2, 0) is 9.84 Å². The number of rotatable bonds is 4. The summed E-state index contributed by atoms with van der Waals surface area (Å²) >= 11 is 6.18. The third-order valence-electron chi connectivity index (χ3n) is 4.31. The predicted molar refractivity (Wildman–Crippen MR) is 113 cm³/mol. The van der Waals surface area contributed by atoms with Crippen molar-refractivity contribution in [2.45, 2.75) is 4.90 Å². The first kappa shape index (κ1) is 19.2. The van der Waals surface area contributed by atoms with Crippen molar-refractivity contribution in [3.8, 4) is 5.75 Å². The quantitative estimate of drug-likeness (QED) is 0.749. The molecule has 1 aromatic carbocycles. The van der Waals surface area contributed by atoms with Gasteiger partial charge in [0.1, 0.15) is 12.0 Å². The summed E-state index contributed by atoms with van der Waals surface area (Å²) in [5.74, 6) is 1.35. The van der Waals surface area contributed by atoms with Crippen LogP contribution in [0.25, 0.3) is 0 Å². The van der Waals surface area contributed by atoms with Crippen molar-refractivity contribution in [1.82, 2.24) is 9.58 Å². The van der Waals surface area contributed by atoms with Gasteiger partial charge in [0.2, 0.25) is 0 Å². The van der Waals surface area contributed by atoms with E-state index < -0.39 is 9.84 Å². The number of ether oxygens (including phenoxy) is 1. The summed E-state index contributed by atoms with van der Waals surface area (Å²) < 4.78 is 28.9. The molecule has 9 nitrogen and oxygen atoms in total. The first-order valence-electron chi connectivity index (χ1n) is 8.37. The Morgan fingerprint density at radius 2 is 2.03 bits per heavy atom. The second-order valence-corrected chi connectivity index (χ2v) is 8.70. The van der Waals surface area contributed by atoms with Gasteiger partial charge in [0.25, 0.3) is 11.8 Å². The number of sulfone groups is 1. The molecule has 0 radical (unpaired) electrons. The van der Waals surface area contributed by atoms with Crippen molar-refractivity contribution in [2.24, 2.45) is 15.1 Å². The zero-order valence-electron chi connectivity index (χ0n) is 15.4. The van der Waals surface area contributed by atoms with Crippen LogP contribution in [0.15, 0.2) is 69.0 Å². The molecule has 1 aromatic heterocycles. The molecule has 3 heterocycles. The Balaban J connectivity index is 1.75. The maximum Gasteiger partial charge on any atom is 0.287 e. The van der Waals surface area contributed by atoms with Crippen LogP contribution in [0.1, 0.15) is 0 Å². The molecule has 0 spiro atoms. The zero-order chi connectivity index (χ0) is 20.6. The van der Waals surface area contributed by atoms with Crippen LogP contribution in [0.4, 0.5) is 11.4 Å². The second kappa shape index (κ2) is 7.07. The van der Waals surface area contributed by atoms with Crippen molar-refractivity contribution in [3.05, 3.63) is 54.1 Å². The van der Waals surface area contributed by atoms with Crippen molar-refractivity contribution < 1.29 is 13.2 Å². The first-order valence-corrected chi connectivity index (χ1v) is 10.6. The number of hydrogen-bond donors (Lipinski definition) is 1. The molecule has 0 amide bonds. The summed E-state index contributed by atoms with van der Waals surface area (Å²) in [4.78, 5) is 12.8. The lowest BCUT2D eigenvalue weighted by Gasteiger charge is -2.23. The number of aromatic nitrogens is 1. The molecule has 1 unspecified atom stereocenters. The van der Waals surface area contributed by atoms with E-state index in [0.717, 1.165) is 6.26 Å². The molecule has 2 aliphatic heterocycles. The van der Waals surface area contributed by atoms with Gasteiger partial charge in [0.05, 0.1) is 29.4 Å². The van der Waals surface area contributed by atoms with E-state index in [1.54, 1.807) is 43.0 Å². The summed E-state index contributed by atoms with van der Waals surface area (Å²) in [5, 5.41) is 8.20. The number of hydrogen-bond acceptors (Lipinski definition) is 8. The van der Waals surface area contributed by atoms with Crippen molar-refractivity contribution in [3.63, 3.8) is 0 Å². The van der Waals surface area contributed by atoms with Gasteiger partial charge in [0.15, 0.2) is 21.7 Å². The predicted octanol–water partition coefficient (Wildman–Crippen LogP) is 2.81. The molecule has 0 aliphatic carbocycles. The van der Waals surface area contributed by atoms with Crippen LogP contribution in [0.2, 0.25) is 5.02 Å². The fourth-order valence-corrected chi connectivity index (χ4v) is 3.72. The van der Waals surface area contributed by atoms with Gasteiger partial charge < -0.3 is 10.1 Å². The Hall–Kier alpha value is -3.08. The Bertz CT molecular complexity index is 1220. The van der Waals surface area contributed by atoms with Gasteiger partial charge in [-0.05, 0) is 23.3 Å². The minimum absolute atomic E-state index is 0.0938. The third kappa shape index (κ3) is 3.53. The SMILES string of the molecule is COc1ccc(NC2=N[N+]3(c4cncc(S(C)(=O)=O)c4)C=CN=CC3=N2)cc1Cl. The maximum atomic E-state index is 12.0. The molecule has 2 aliphatic rings. The zero-order valence-corrected chi connectivity index (χ0v) is 17.0. The number of amidine groups is 1. The lowest BCUT2D eigenvalue weighted by molar-refractivity contribution is 0.415. The van der Waals surface area contributed by atoms with Crippen LogP contribution < -0.4 is 14.6 Å². The Morgan fingerprint density at radius 1 is 1.21 bits per heavy atom. The molecular formula is C18H16ClN6O3S+. The highest BCUT2D eigenvalue weighted by Crippen LogP contribution is 2.32. The monoisotopic (exact) mass is 431 g/mol. The molecule has 29 heavy (non-hydrogen) atoms. The molecule has 2 aromatic rings. The minimum Gasteiger partial charge on any atom is -0.495 e. The molecular weight excluding hydrogens is 416 g/mol. The smallest absolute Gasteiger partial charge is 0.287 e. The van der Waals surface area contributed by atoms with Gasteiger partial charge in [-0.3, -0.25) is 9.98 Å². The van der Waals surface area contributed by atoms with E-state index in [2.05, 4.69) is 25.4 Å². The van der Waals surface area contributed by atoms with E-state index in [9.17, 15) is 8.42 Å². The third-order valence-corrected chi connectivity index (χ3v) is 5.68. The number of anilines is 1. The topological polar surface area (TPSA) is 105 Å². The van der Waals surface area contributed by atoms with Crippen LogP contribution in [-0.4, -0.2) is 44.8 Å². The van der Waals surface area contributed by atoms with E-state index in [1.165, 1.54) is 19.4 Å². The van der Waals surface area contributed by atoms with Gasteiger partial charge >= 0.3 is 0 Å². The number of quaternary nitrogens is 1. The number of nitrogens with one attached hydrogen (secondary N) is 1. The normalized spacial score (nSPS) is 20.1. The van der Waals surface area contributed by atoms with Crippen molar-refractivity contribution in [2.75, 3.05) is 18.7 Å². The van der Waals surface area contributed by atoms with Gasteiger partial charge in [-0.2, -0.15) is 4.99 Å². The highest BCUT2D eigenvalue weighted by molar-refractivity contribution is 7.90. The number of benzene rings is 1. The number of pyridine rings is 1. The maximum absolute atomic E-state index is 12.0. The highest BCUT2D eigenvalue weighted by Gasteiger charge is 2.43. The number of aliphatic imine (C=N–C) groups is 2. The minimum atomic E-state index is -3.43. The fraction of sp³-hybridized carbons (Fsp3) is 0.111. The summed E-state index contributed by atoms with van der Waals surface area (Å²) in [6.07, 6.45) is 8.80. The number of halogens is 1. The number of guanidine groups is 1. The standard InChI is InChI=1S/C18H16ClN6O3S/c1-28-16-4-3-12(7-15(16)19)22-18-23-17-11-20-5-6-25(17,24-18)13-8-14(10-21-9-13)29(2,26)27/h3-11H,1-2H3,(H,22,24)/q+1. The van der Waals surface area contributed by atoms with E-state index in [-0.39, 0.29) is 9.49 Å². The van der Waals surface area contributed by atoms with Crippen molar-refractivity contribution >= 4 is 50.8 Å². The Kier molecular flexibility index (Phi) is 4.69. The average Bonchev–Trinajstić information content (AvgIpc) is 3.07. The molecule has 4 rings (SSSR count). The van der Waals surface area contributed by atoms with Crippen LogP contribution in [0.3, 0.4) is 0 Å². The summed E-state index contributed by atoms with van der Waals surface area (Å²) in [6.45, 7) is 0. The van der Waals surface area contributed by atoms with Gasteiger partial charge in [0, 0.05) is 24.2 Å². The summed E-state index contributed by atoms with van der Waals surface area (Å²) in [7, 11) is -1.89. The fourth-order valence-electron chi connectivity index (χ4n) is 2.88. The summed E-state index contributed by atoms with van der Waals surface area (Å²) in [6, 6.07) is 6.73. The molecule has 0 bridgehead atoms. The number of methoxy groups -OCH3 is 1. The largest absolute Gasteiger partial charge is 0.495 e. The lowest BCUT2D eigenvalue weighted by atomic mass is 10.3. The number of nitrogens with zero attached hydrogens (tertiary/aromatic N) is 5. The van der Waals surface area contributed by atoms with E-state index >= 15 is 0 Å². The molecule has 0 saturated carbocycles. The molecule has 11 heteroatoms. The van der Waals surface area contributed by atoms with Crippen LogP contribution in [0.5, 0.6) is 5.75 Å². The lowest BCUT2D eigenvalue weighted by Crippen LogP contribution is -2.44. The Labute approximate surface area is 172 Å². The van der Waals surface area contributed by atoms with Crippen LogP contribution in [0, 0.1) is 0 Å². The van der Waals surface area contributed by atoms with E-state index in [1.807, 2.05) is 0 Å². The summed E-state index contributed by atoms with van der Waals surface area (Å²) in [5.41, 5.74) is 1.18. The number of fused-ring (bicyclic) bond motifs is 1.